The zero-order valence-corrected chi connectivity index (χ0v) is 16.8. The number of carbonyl (C=O) groups excluding carboxylic acids is 2. The second-order valence-electron chi connectivity index (χ2n) is 7.44. The number of hydrogen-bond donors (Lipinski definition) is 2. The number of halogens is 3. The summed E-state index contributed by atoms with van der Waals surface area (Å²) in [4.78, 5) is 23.8. The first-order chi connectivity index (χ1) is 13.9. The minimum absolute atomic E-state index is 0.150. The summed E-state index contributed by atoms with van der Waals surface area (Å²) in [6, 6.07) is 11.9. The van der Waals surface area contributed by atoms with Crippen molar-refractivity contribution in [3.63, 3.8) is 0 Å². The average Bonchev–Trinajstić information content (AvgIpc) is 2.60. The van der Waals surface area contributed by atoms with Crippen molar-refractivity contribution in [2.24, 2.45) is 0 Å². The van der Waals surface area contributed by atoms with E-state index >= 15 is 0 Å². The van der Waals surface area contributed by atoms with Gasteiger partial charge in [-0.25, -0.2) is 4.79 Å². The van der Waals surface area contributed by atoms with Crippen LogP contribution in [0, 0.1) is 0 Å². The van der Waals surface area contributed by atoms with E-state index in [2.05, 4.69) is 15.4 Å². The second-order valence-corrected chi connectivity index (χ2v) is 7.44. The van der Waals surface area contributed by atoms with Crippen LogP contribution in [-0.2, 0) is 16.0 Å². The van der Waals surface area contributed by atoms with Gasteiger partial charge in [0.1, 0.15) is 11.4 Å². The molecule has 0 aliphatic carbocycles. The average molecular weight is 424 g/mol. The topological polar surface area (TPSA) is 76.7 Å². The molecule has 2 aromatic carbocycles. The van der Waals surface area contributed by atoms with Gasteiger partial charge in [-0.05, 0) is 69.2 Å². The highest BCUT2D eigenvalue weighted by atomic mass is 19.4. The predicted octanol–water partition coefficient (Wildman–Crippen LogP) is 5.50. The fraction of sp³-hybridized carbons (Fsp3) is 0.333. The van der Waals surface area contributed by atoms with Crippen molar-refractivity contribution in [2.75, 3.05) is 10.6 Å². The van der Waals surface area contributed by atoms with Gasteiger partial charge in [0.2, 0.25) is 5.91 Å². The molecule has 0 fully saturated rings. The molecule has 0 unspecified atom stereocenters. The van der Waals surface area contributed by atoms with Gasteiger partial charge < -0.3 is 14.8 Å². The normalized spacial score (nSPS) is 11.5. The van der Waals surface area contributed by atoms with Crippen LogP contribution in [0.1, 0.15) is 32.8 Å². The van der Waals surface area contributed by atoms with Crippen LogP contribution in [0.4, 0.5) is 29.3 Å². The molecule has 0 spiro atoms. The molecule has 162 valence electrons. The Morgan fingerprint density at radius 3 is 1.90 bits per heavy atom. The van der Waals surface area contributed by atoms with Gasteiger partial charge in [-0.1, -0.05) is 12.1 Å². The van der Waals surface area contributed by atoms with E-state index in [0.29, 0.717) is 23.4 Å². The van der Waals surface area contributed by atoms with Gasteiger partial charge in [-0.3, -0.25) is 10.1 Å². The Morgan fingerprint density at radius 1 is 0.867 bits per heavy atom. The van der Waals surface area contributed by atoms with Crippen LogP contribution in [-0.4, -0.2) is 24.0 Å². The highest BCUT2D eigenvalue weighted by Gasteiger charge is 2.30. The summed E-state index contributed by atoms with van der Waals surface area (Å²) in [5.41, 5.74) is 1.16. The highest BCUT2D eigenvalue weighted by molar-refractivity contribution is 5.91. The van der Waals surface area contributed by atoms with Crippen molar-refractivity contribution in [1.29, 1.82) is 0 Å². The third-order valence-electron chi connectivity index (χ3n) is 3.61. The van der Waals surface area contributed by atoms with Crippen molar-refractivity contribution < 1.29 is 32.2 Å². The quantitative estimate of drug-likeness (QED) is 0.642. The van der Waals surface area contributed by atoms with Gasteiger partial charge in [0.05, 0.1) is 0 Å². The molecule has 0 saturated carbocycles. The number of alkyl halides is 3. The molecule has 2 N–H and O–H groups in total. The van der Waals surface area contributed by atoms with E-state index in [1.807, 2.05) is 0 Å². The lowest BCUT2D eigenvalue weighted by Gasteiger charge is -2.19. The van der Waals surface area contributed by atoms with E-state index in [1.165, 1.54) is 24.3 Å². The molecular weight excluding hydrogens is 401 g/mol. The Labute approximate surface area is 172 Å². The van der Waals surface area contributed by atoms with E-state index in [0.717, 1.165) is 0 Å². The minimum Gasteiger partial charge on any atom is -0.444 e. The first-order valence-corrected chi connectivity index (χ1v) is 9.14. The number of rotatable bonds is 6. The monoisotopic (exact) mass is 424 g/mol. The highest BCUT2D eigenvalue weighted by Crippen LogP contribution is 2.23. The Bertz CT molecular complexity index is 858. The number of hydrogen-bond acceptors (Lipinski definition) is 4. The summed E-state index contributed by atoms with van der Waals surface area (Å²) in [5.74, 6) is -0.561. The smallest absolute Gasteiger partial charge is 0.444 e. The molecule has 0 atom stereocenters. The summed E-state index contributed by atoms with van der Waals surface area (Å²) in [7, 11) is 0. The Hall–Kier alpha value is -3.23. The SMILES string of the molecule is CC(C)(C)OC(=O)Nc1ccc(NC(=O)CCc2ccc(OC(F)(F)F)cc2)cc1. The van der Waals surface area contributed by atoms with Crippen LogP contribution in [0.15, 0.2) is 48.5 Å². The van der Waals surface area contributed by atoms with Crippen LogP contribution in [0.5, 0.6) is 5.75 Å². The molecule has 0 radical (unpaired) electrons. The molecule has 0 bridgehead atoms. The maximum absolute atomic E-state index is 12.2. The maximum atomic E-state index is 12.2. The molecule has 0 saturated heterocycles. The van der Waals surface area contributed by atoms with Gasteiger partial charge in [-0.2, -0.15) is 0 Å². The van der Waals surface area contributed by atoms with E-state index in [4.69, 9.17) is 4.74 Å². The second kappa shape index (κ2) is 9.51. The lowest BCUT2D eigenvalue weighted by atomic mass is 10.1. The van der Waals surface area contributed by atoms with Crippen molar-refractivity contribution in [3.05, 3.63) is 54.1 Å². The van der Waals surface area contributed by atoms with Gasteiger partial charge in [0.25, 0.3) is 0 Å². The van der Waals surface area contributed by atoms with Gasteiger partial charge in [0.15, 0.2) is 0 Å². The van der Waals surface area contributed by atoms with Crippen molar-refractivity contribution in [1.82, 2.24) is 0 Å². The zero-order chi connectivity index (χ0) is 22.4. The molecule has 2 aromatic rings. The molecular formula is C21H23F3N2O4. The first kappa shape index (κ1) is 23.1. The molecule has 30 heavy (non-hydrogen) atoms. The molecule has 9 heteroatoms. The number of benzene rings is 2. The number of nitrogens with one attached hydrogen (secondary N) is 2. The number of ether oxygens (including phenoxy) is 2. The maximum Gasteiger partial charge on any atom is 0.573 e. The molecule has 2 amide bonds. The molecule has 0 aliphatic rings. The van der Waals surface area contributed by atoms with E-state index in [-0.39, 0.29) is 18.1 Å². The van der Waals surface area contributed by atoms with Gasteiger partial charge in [0, 0.05) is 17.8 Å². The fourth-order valence-corrected chi connectivity index (χ4v) is 2.40. The Balaban J connectivity index is 1.80. The lowest BCUT2D eigenvalue weighted by molar-refractivity contribution is -0.274. The van der Waals surface area contributed by atoms with Gasteiger partial charge in [-0.15, -0.1) is 13.2 Å². The van der Waals surface area contributed by atoms with Crippen LogP contribution in [0.25, 0.3) is 0 Å². The largest absolute Gasteiger partial charge is 0.573 e. The summed E-state index contributed by atoms with van der Waals surface area (Å²) in [6.07, 6.45) is -4.81. The summed E-state index contributed by atoms with van der Waals surface area (Å²) < 4.78 is 45.4. The molecule has 2 rings (SSSR count). The first-order valence-electron chi connectivity index (χ1n) is 9.14. The summed E-state index contributed by atoms with van der Waals surface area (Å²) in [6.45, 7) is 5.28. The van der Waals surface area contributed by atoms with E-state index in [9.17, 15) is 22.8 Å². The third-order valence-corrected chi connectivity index (χ3v) is 3.61. The number of anilines is 2. The van der Waals surface area contributed by atoms with Crippen LogP contribution in [0.3, 0.4) is 0 Å². The van der Waals surface area contributed by atoms with Crippen LogP contribution in [0.2, 0.25) is 0 Å². The van der Waals surface area contributed by atoms with Gasteiger partial charge >= 0.3 is 12.5 Å². The third kappa shape index (κ3) is 8.85. The molecule has 6 nitrogen and oxygen atoms in total. The lowest BCUT2D eigenvalue weighted by Crippen LogP contribution is -2.27. The minimum atomic E-state index is -4.74. The number of carbonyl (C=O) groups is 2. The summed E-state index contributed by atoms with van der Waals surface area (Å²) >= 11 is 0. The van der Waals surface area contributed by atoms with Crippen molar-refractivity contribution in [3.8, 4) is 5.75 Å². The van der Waals surface area contributed by atoms with Crippen molar-refractivity contribution in [2.45, 2.75) is 45.6 Å². The van der Waals surface area contributed by atoms with Crippen LogP contribution < -0.4 is 15.4 Å². The summed E-state index contributed by atoms with van der Waals surface area (Å²) in [5, 5.41) is 5.31. The number of aryl methyl sites for hydroxylation is 1. The molecule has 0 aromatic heterocycles. The van der Waals surface area contributed by atoms with Crippen molar-refractivity contribution >= 4 is 23.4 Å². The fourth-order valence-electron chi connectivity index (χ4n) is 2.40. The predicted molar refractivity (Wildman–Crippen MR) is 106 cm³/mol. The van der Waals surface area contributed by atoms with E-state index < -0.39 is 18.1 Å². The zero-order valence-electron chi connectivity index (χ0n) is 16.8. The molecule has 0 aliphatic heterocycles. The standard InChI is InChI=1S/C21H23F3N2O4/c1-20(2,3)30-19(28)26-16-9-7-15(8-10-16)25-18(27)13-6-14-4-11-17(12-5-14)29-21(22,23)24/h4-5,7-12H,6,13H2,1-3H3,(H,25,27)(H,26,28). The van der Waals surface area contributed by atoms with E-state index in [1.54, 1.807) is 45.0 Å². The Kier molecular flexibility index (Phi) is 7.31. The number of amides is 2. The van der Waals surface area contributed by atoms with Crippen LogP contribution >= 0.6 is 0 Å². The molecule has 0 heterocycles. The Morgan fingerprint density at radius 2 is 1.40 bits per heavy atom.